The second kappa shape index (κ2) is 6.15. The van der Waals surface area contributed by atoms with Crippen LogP contribution in [0.4, 0.5) is 0 Å². The summed E-state index contributed by atoms with van der Waals surface area (Å²) in [5.41, 5.74) is 1.68. The van der Waals surface area contributed by atoms with Gasteiger partial charge in [0.2, 0.25) is 11.8 Å². The maximum absolute atomic E-state index is 13.1. The van der Waals surface area contributed by atoms with Crippen molar-refractivity contribution in [2.45, 2.75) is 52.5 Å². The molecule has 1 spiro atoms. The zero-order valence-electron chi connectivity index (χ0n) is 15.3. The summed E-state index contributed by atoms with van der Waals surface area (Å²) in [6.07, 6.45) is 7.09. The minimum Gasteiger partial charge on any atom is -0.342 e. The van der Waals surface area contributed by atoms with Crippen LogP contribution in [0, 0.1) is 25.2 Å². The molecule has 4 rings (SSSR count). The zero-order valence-corrected chi connectivity index (χ0v) is 15.3. The SMILES string of the molecule is Cc1ncn(CC(=O)N2CC[C@]3(CCCN(CC4CC4)C3=O)C2)c1C. The lowest BCUT2D eigenvalue weighted by molar-refractivity contribution is -0.146. The molecule has 3 aliphatic rings. The van der Waals surface area contributed by atoms with E-state index < -0.39 is 0 Å². The number of imidazole rings is 1. The molecule has 1 saturated carbocycles. The van der Waals surface area contributed by atoms with Crippen molar-refractivity contribution in [3.63, 3.8) is 0 Å². The molecule has 6 heteroatoms. The van der Waals surface area contributed by atoms with Crippen LogP contribution in [0.25, 0.3) is 0 Å². The molecule has 0 radical (unpaired) electrons. The first-order valence-corrected chi connectivity index (χ1v) is 9.54. The fourth-order valence-electron chi connectivity index (χ4n) is 4.35. The summed E-state index contributed by atoms with van der Waals surface area (Å²) in [4.78, 5) is 34.0. The number of aromatic nitrogens is 2. The van der Waals surface area contributed by atoms with E-state index in [1.54, 1.807) is 6.33 Å². The molecule has 25 heavy (non-hydrogen) atoms. The third-order valence-corrected chi connectivity index (χ3v) is 6.36. The molecule has 2 saturated heterocycles. The van der Waals surface area contributed by atoms with Gasteiger partial charge in [-0.25, -0.2) is 4.98 Å². The number of rotatable bonds is 4. The molecular formula is C19H28N4O2. The Morgan fingerprint density at radius 1 is 1.28 bits per heavy atom. The lowest BCUT2D eigenvalue weighted by Crippen LogP contribution is -2.51. The maximum Gasteiger partial charge on any atom is 0.242 e. The quantitative estimate of drug-likeness (QED) is 0.836. The predicted octanol–water partition coefficient (Wildman–Crippen LogP) is 1.75. The molecule has 1 aromatic heterocycles. The van der Waals surface area contributed by atoms with Crippen molar-refractivity contribution < 1.29 is 9.59 Å². The summed E-state index contributed by atoms with van der Waals surface area (Å²) >= 11 is 0. The number of piperidine rings is 1. The van der Waals surface area contributed by atoms with Crippen molar-refractivity contribution in [2.24, 2.45) is 11.3 Å². The minimum atomic E-state index is -0.317. The molecule has 1 atom stereocenters. The summed E-state index contributed by atoms with van der Waals surface area (Å²) in [7, 11) is 0. The molecule has 2 amide bonds. The third kappa shape index (κ3) is 3.07. The van der Waals surface area contributed by atoms with Gasteiger partial charge >= 0.3 is 0 Å². The Labute approximate surface area is 149 Å². The summed E-state index contributed by atoms with van der Waals surface area (Å²) < 4.78 is 1.91. The summed E-state index contributed by atoms with van der Waals surface area (Å²) in [5.74, 6) is 1.13. The minimum absolute atomic E-state index is 0.101. The molecule has 0 N–H and O–H groups in total. The first kappa shape index (κ1) is 16.6. The molecule has 0 bridgehead atoms. The number of nitrogens with zero attached hydrogens (tertiary/aromatic N) is 4. The molecule has 0 aromatic carbocycles. The van der Waals surface area contributed by atoms with E-state index in [0.29, 0.717) is 25.5 Å². The second-order valence-electron chi connectivity index (χ2n) is 8.19. The van der Waals surface area contributed by atoms with Gasteiger partial charge in [-0.3, -0.25) is 9.59 Å². The van der Waals surface area contributed by atoms with Gasteiger partial charge in [0.05, 0.1) is 17.4 Å². The molecule has 2 aliphatic heterocycles. The molecular weight excluding hydrogens is 316 g/mol. The highest BCUT2D eigenvalue weighted by molar-refractivity contribution is 5.86. The number of amides is 2. The smallest absolute Gasteiger partial charge is 0.242 e. The van der Waals surface area contributed by atoms with Gasteiger partial charge in [0.1, 0.15) is 6.54 Å². The molecule has 0 unspecified atom stereocenters. The Morgan fingerprint density at radius 2 is 2.08 bits per heavy atom. The van der Waals surface area contributed by atoms with Crippen LogP contribution in [0.3, 0.4) is 0 Å². The standard InChI is InChI=1S/C19H28N4O2/c1-14-15(2)23(13-20-14)11-17(24)22-9-7-19(12-22)6-3-8-21(18(19)25)10-16-4-5-16/h13,16H,3-12H2,1-2H3/t19-/m1/s1. The molecule has 3 fully saturated rings. The van der Waals surface area contributed by atoms with Crippen LogP contribution >= 0.6 is 0 Å². The zero-order chi connectivity index (χ0) is 17.6. The normalized spacial score (nSPS) is 26.7. The van der Waals surface area contributed by atoms with Crippen LogP contribution in [-0.4, -0.2) is 57.3 Å². The van der Waals surface area contributed by atoms with Gasteiger partial charge in [-0.1, -0.05) is 0 Å². The Kier molecular flexibility index (Phi) is 4.08. The molecule has 6 nitrogen and oxygen atoms in total. The summed E-state index contributed by atoms with van der Waals surface area (Å²) in [5, 5.41) is 0. The second-order valence-corrected chi connectivity index (χ2v) is 8.19. The average Bonchev–Trinajstić information content (AvgIpc) is 3.23. The van der Waals surface area contributed by atoms with Crippen LogP contribution in [0.2, 0.25) is 0 Å². The van der Waals surface area contributed by atoms with Gasteiger partial charge in [-0.15, -0.1) is 0 Å². The van der Waals surface area contributed by atoms with E-state index in [1.165, 1.54) is 12.8 Å². The van der Waals surface area contributed by atoms with Gasteiger partial charge < -0.3 is 14.4 Å². The van der Waals surface area contributed by atoms with E-state index in [4.69, 9.17) is 0 Å². The number of carbonyl (C=O) groups is 2. The van der Waals surface area contributed by atoms with Crippen LogP contribution in [0.5, 0.6) is 0 Å². The Morgan fingerprint density at radius 3 is 2.76 bits per heavy atom. The van der Waals surface area contributed by atoms with Crippen LogP contribution in [0.15, 0.2) is 6.33 Å². The summed E-state index contributed by atoms with van der Waals surface area (Å²) in [6.45, 7) is 7.40. The Hall–Kier alpha value is -1.85. The van der Waals surface area contributed by atoms with Crippen molar-refractivity contribution in [3.05, 3.63) is 17.7 Å². The van der Waals surface area contributed by atoms with Crippen molar-refractivity contribution >= 4 is 11.8 Å². The van der Waals surface area contributed by atoms with E-state index in [9.17, 15) is 9.59 Å². The highest BCUT2D eigenvalue weighted by Gasteiger charge is 2.49. The molecule has 1 aliphatic carbocycles. The third-order valence-electron chi connectivity index (χ3n) is 6.36. The number of carbonyl (C=O) groups excluding carboxylic acids is 2. The van der Waals surface area contributed by atoms with Crippen LogP contribution in [0.1, 0.15) is 43.5 Å². The average molecular weight is 344 g/mol. The van der Waals surface area contributed by atoms with E-state index in [2.05, 4.69) is 9.88 Å². The van der Waals surface area contributed by atoms with Gasteiger partial charge in [0, 0.05) is 31.9 Å². The van der Waals surface area contributed by atoms with E-state index in [1.807, 2.05) is 23.3 Å². The van der Waals surface area contributed by atoms with Crippen molar-refractivity contribution in [1.29, 1.82) is 0 Å². The predicted molar refractivity (Wildman–Crippen MR) is 93.9 cm³/mol. The first-order chi connectivity index (χ1) is 12.0. The maximum atomic E-state index is 13.1. The number of aryl methyl sites for hydroxylation is 1. The first-order valence-electron chi connectivity index (χ1n) is 9.54. The lowest BCUT2D eigenvalue weighted by atomic mass is 9.78. The molecule has 1 aromatic rings. The van der Waals surface area contributed by atoms with Crippen LogP contribution < -0.4 is 0 Å². The van der Waals surface area contributed by atoms with Gasteiger partial charge in [-0.2, -0.15) is 0 Å². The largest absolute Gasteiger partial charge is 0.342 e. The highest BCUT2D eigenvalue weighted by atomic mass is 16.2. The monoisotopic (exact) mass is 344 g/mol. The van der Waals surface area contributed by atoms with Gasteiger partial charge in [0.25, 0.3) is 0 Å². The fraction of sp³-hybridized carbons (Fsp3) is 0.737. The van der Waals surface area contributed by atoms with Crippen molar-refractivity contribution in [3.8, 4) is 0 Å². The molecule has 3 heterocycles. The fourth-order valence-corrected chi connectivity index (χ4v) is 4.35. The van der Waals surface area contributed by atoms with E-state index >= 15 is 0 Å². The van der Waals surface area contributed by atoms with E-state index in [0.717, 1.165) is 49.7 Å². The Balaban J connectivity index is 1.41. The molecule has 136 valence electrons. The van der Waals surface area contributed by atoms with E-state index in [-0.39, 0.29) is 11.3 Å². The number of likely N-dealkylation sites (tertiary alicyclic amines) is 2. The van der Waals surface area contributed by atoms with Crippen molar-refractivity contribution in [2.75, 3.05) is 26.2 Å². The van der Waals surface area contributed by atoms with Gasteiger partial charge in [0.15, 0.2) is 0 Å². The number of hydrogen-bond donors (Lipinski definition) is 0. The highest BCUT2D eigenvalue weighted by Crippen LogP contribution is 2.41. The summed E-state index contributed by atoms with van der Waals surface area (Å²) in [6, 6.07) is 0. The van der Waals surface area contributed by atoms with Crippen molar-refractivity contribution in [1.82, 2.24) is 19.4 Å². The Bertz CT molecular complexity index is 694. The lowest BCUT2D eigenvalue weighted by Gasteiger charge is -2.39. The number of hydrogen-bond acceptors (Lipinski definition) is 3. The van der Waals surface area contributed by atoms with Crippen LogP contribution in [-0.2, 0) is 16.1 Å². The topological polar surface area (TPSA) is 58.4 Å². The van der Waals surface area contributed by atoms with Gasteiger partial charge in [-0.05, 0) is 51.9 Å².